The Balaban J connectivity index is 1.43. The van der Waals surface area contributed by atoms with Crippen molar-refractivity contribution in [2.45, 2.75) is 58.8 Å². The van der Waals surface area contributed by atoms with E-state index in [1.54, 1.807) is 17.0 Å². The van der Waals surface area contributed by atoms with Crippen LogP contribution in [0.2, 0.25) is 0 Å². The van der Waals surface area contributed by atoms with Crippen LogP contribution in [0.3, 0.4) is 0 Å². The van der Waals surface area contributed by atoms with Crippen molar-refractivity contribution < 1.29 is 30.0 Å². The Bertz CT molecular complexity index is 1270. The van der Waals surface area contributed by atoms with E-state index in [4.69, 9.17) is 4.74 Å². The van der Waals surface area contributed by atoms with Crippen LogP contribution in [0, 0.1) is 34.5 Å². The van der Waals surface area contributed by atoms with Gasteiger partial charge in [-0.1, -0.05) is 51.1 Å². The van der Waals surface area contributed by atoms with Crippen LogP contribution in [0.4, 0.5) is 0 Å². The van der Waals surface area contributed by atoms with Gasteiger partial charge in [0.25, 0.3) is 0 Å². The highest BCUT2D eigenvalue weighted by Gasteiger charge is 2.67. The molecule has 3 aliphatic rings. The van der Waals surface area contributed by atoms with Gasteiger partial charge in [0.15, 0.2) is 5.69 Å². The molecule has 8 heteroatoms. The van der Waals surface area contributed by atoms with Gasteiger partial charge in [0.1, 0.15) is 12.2 Å². The highest BCUT2D eigenvalue weighted by molar-refractivity contribution is 5.88. The van der Waals surface area contributed by atoms with Gasteiger partial charge in [0, 0.05) is 23.4 Å². The number of hydrogen-bond donors (Lipinski definition) is 4. The second kappa shape index (κ2) is 10.3. The second-order valence-electron chi connectivity index (χ2n) is 12.3. The van der Waals surface area contributed by atoms with E-state index in [1.807, 2.05) is 37.3 Å². The van der Waals surface area contributed by atoms with Gasteiger partial charge in [-0.2, -0.15) is 0 Å². The number of nitrogens with zero attached hydrogens (tertiary/aromatic N) is 2. The molecule has 0 aliphatic heterocycles. The number of benzene rings is 1. The molecule has 5 rings (SSSR count). The predicted octanol–water partition coefficient (Wildman–Crippen LogP) is 3.30. The highest BCUT2D eigenvalue weighted by atomic mass is 16.5. The molecule has 2 fully saturated rings. The molecule has 1 aromatic carbocycles. The van der Waals surface area contributed by atoms with Crippen LogP contribution < -0.4 is 0 Å². The Kier molecular flexibility index (Phi) is 7.35. The van der Waals surface area contributed by atoms with Gasteiger partial charge in [-0.05, 0) is 59.8 Å². The number of para-hydroxylation sites is 1. The quantitative estimate of drug-likeness (QED) is 0.316. The summed E-state index contributed by atoms with van der Waals surface area (Å²) < 4.78 is 7.76. The first-order valence-corrected chi connectivity index (χ1v) is 13.8. The second-order valence-corrected chi connectivity index (χ2v) is 12.3. The van der Waals surface area contributed by atoms with E-state index in [2.05, 4.69) is 31.8 Å². The van der Waals surface area contributed by atoms with Crippen LogP contribution in [0.15, 0.2) is 66.2 Å². The summed E-state index contributed by atoms with van der Waals surface area (Å²) in [5.74, 6) is -0.122. The minimum atomic E-state index is -1.18. The molecule has 0 amide bonds. The first-order chi connectivity index (χ1) is 18.5. The Morgan fingerprint density at radius 1 is 1.26 bits per heavy atom. The number of carbonyl (C=O) groups is 1. The van der Waals surface area contributed by atoms with E-state index in [0.717, 1.165) is 17.7 Å². The van der Waals surface area contributed by atoms with Gasteiger partial charge in [0.05, 0.1) is 31.8 Å². The summed E-state index contributed by atoms with van der Waals surface area (Å²) >= 11 is 0. The minimum Gasteiger partial charge on any atom is -0.453 e. The lowest BCUT2D eigenvalue weighted by Gasteiger charge is -2.41. The normalized spacial score (nSPS) is 34.3. The molecule has 0 saturated heterocycles. The fourth-order valence-electron chi connectivity index (χ4n) is 7.45. The van der Waals surface area contributed by atoms with Crippen molar-refractivity contribution in [1.82, 2.24) is 9.55 Å². The van der Waals surface area contributed by atoms with Crippen LogP contribution >= 0.6 is 0 Å². The minimum absolute atomic E-state index is 0.0157. The third-order valence-electron chi connectivity index (χ3n) is 9.86. The van der Waals surface area contributed by atoms with E-state index < -0.39 is 42.9 Å². The Hall–Kier alpha value is -2.78. The Morgan fingerprint density at radius 3 is 2.64 bits per heavy atom. The maximum absolute atomic E-state index is 13.3. The van der Waals surface area contributed by atoms with Crippen molar-refractivity contribution >= 4 is 5.97 Å². The molecule has 2 aromatic rings. The summed E-state index contributed by atoms with van der Waals surface area (Å²) in [5, 5.41) is 41.8. The molecule has 1 unspecified atom stereocenters. The molecule has 1 aromatic heterocycles. The monoisotopic (exact) mass is 536 g/mol. The molecule has 0 radical (unpaired) electrons. The van der Waals surface area contributed by atoms with Crippen molar-refractivity contribution in [3.05, 3.63) is 71.8 Å². The van der Waals surface area contributed by atoms with E-state index in [9.17, 15) is 25.2 Å². The van der Waals surface area contributed by atoms with Crippen molar-refractivity contribution in [2.24, 2.45) is 34.5 Å². The van der Waals surface area contributed by atoms with Gasteiger partial charge < -0.3 is 25.2 Å². The molecule has 2 saturated carbocycles. The molecule has 1 heterocycles. The maximum atomic E-state index is 13.3. The largest absolute Gasteiger partial charge is 0.453 e. The summed E-state index contributed by atoms with van der Waals surface area (Å²) in [6.45, 7) is 7.63. The number of ether oxygens (including phenoxy) is 1. The van der Waals surface area contributed by atoms with Crippen LogP contribution in [0.1, 0.15) is 51.0 Å². The number of carbonyl (C=O) groups excluding carboxylic acids is 1. The van der Waals surface area contributed by atoms with Gasteiger partial charge in [0.2, 0.25) is 0 Å². The maximum Gasteiger partial charge on any atom is 0.357 e. The predicted molar refractivity (Wildman–Crippen MR) is 146 cm³/mol. The van der Waals surface area contributed by atoms with E-state index in [1.165, 1.54) is 6.20 Å². The fourth-order valence-corrected chi connectivity index (χ4v) is 7.45. The van der Waals surface area contributed by atoms with Gasteiger partial charge in [-0.3, -0.25) is 4.57 Å². The summed E-state index contributed by atoms with van der Waals surface area (Å²) in [7, 11) is 0. The van der Waals surface area contributed by atoms with Crippen molar-refractivity contribution in [3.63, 3.8) is 0 Å². The van der Waals surface area contributed by atoms with Crippen molar-refractivity contribution in [1.29, 1.82) is 0 Å². The number of aromatic nitrogens is 2. The number of rotatable bonds is 7. The van der Waals surface area contributed by atoms with Crippen molar-refractivity contribution in [2.75, 3.05) is 13.2 Å². The molecular weight excluding hydrogens is 496 g/mol. The highest BCUT2D eigenvalue weighted by Crippen LogP contribution is 2.70. The summed E-state index contributed by atoms with van der Waals surface area (Å²) in [4.78, 5) is 17.5. The number of esters is 1. The summed E-state index contributed by atoms with van der Waals surface area (Å²) in [5.41, 5.74) is 1.75. The first kappa shape index (κ1) is 27.8. The third kappa shape index (κ3) is 4.67. The average Bonchev–Trinajstić information content (AvgIpc) is 3.27. The topological polar surface area (TPSA) is 125 Å². The Morgan fingerprint density at radius 2 is 1.97 bits per heavy atom. The summed E-state index contributed by atoms with van der Waals surface area (Å²) in [6, 6.07) is 9.49. The van der Waals surface area contributed by atoms with Crippen molar-refractivity contribution in [3.8, 4) is 5.69 Å². The molecule has 0 bridgehead atoms. The number of hydrogen-bond acceptors (Lipinski definition) is 7. The zero-order chi connectivity index (χ0) is 28.1. The van der Waals surface area contributed by atoms with Gasteiger partial charge in [-0.25, -0.2) is 9.78 Å². The number of imidazole rings is 1. The van der Waals surface area contributed by atoms with Crippen LogP contribution in [0.25, 0.3) is 5.69 Å². The van der Waals surface area contributed by atoms with E-state index in [-0.39, 0.29) is 23.2 Å². The number of aliphatic hydroxyl groups excluding tert-OH is 4. The zero-order valence-corrected chi connectivity index (χ0v) is 23.1. The molecule has 3 aliphatic carbocycles. The smallest absolute Gasteiger partial charge is 0.357 e. The third-order valence-corrected chi connectivity index (χ3v) is 9.86. The summed E-state index contributed by atoms with van der Waals surface area (Å²) in [6.07, 6.45) is 5.85. The van der Waals surface area contributed by atoms with E-state index in [0.29, 0.717) is 23.6 Å². The van der Waals surface area contributed by atoms with Gasteiger partial charge in [-0.15, -0.1) is 0 Å². The standard InChI is InChI=1S/C31H40N2O6/c1-18-12-31(13-26(18)39-29(38)24-14-32-17-33(24)21-8-6-5-7-9-21)19(2)10-23-27(30(23,3)4)22(28(31)37)11-20(15-34)25(36)16-35/h5-9,11-12,14,17,19,22-23,25-28,34-37H,10,13,15-16H2,1-4H3/b20-11-/t19-,22+,23-,25+,26-,27+,28?,31+/m1/s1. The van der Waals surface area contributed by atoms with Crippen LogP contribution in [-0.4, -0.2) is 67.5 Å². The molecule has 39 heavy (non-hydrogen) atoms. The molecule has 4 N–H and O–H groups in total. The first-order valence-electron chi connectivity index (χ1n) is 13.8. The number of fused-ring (bicyclic) bond motifs is 1. The van der Waals surface area contributed by atoms with E-state index >= 15 is 0 Å². The zero-order valence-electron chi connectivity index (χ0n) is 23.1. The van der Waals surface area contributed by atoms with Gasteiger partial charge >= 0.3 is 5.97 Å². The molecule has 210 valence electrons. The lowest BCUT2D eigenvalue weighted by Crippen LogP contribution is -2.44. The average molecular weight is 537 g/mol. The Labute approximate surface area is 229 Å². The molecule has 8 atom stereocenters. The molecule has 1 spiro atoms. The fraction of sp³-hybridized carbons (Fsp3) is 0.548. The molecular formula is C31H40N2O6. The lowest BCUT2D eigenvalue weighted by molar-refractivity contribution is -0.0316. The van der Waals surface area contributed by atoms with Crippen LogP contribution in [-0.2, 0) is 4.74 Å². The number of aliphatic hydroxyl groups is 4. The van der Waals surface area contributed by atoms with Crippen LogP contribution in [0.5, 0.6) is 0 Å². The lowest BCUT2D eigenvalue weighted by atomic mass is 9.66. The SMILES string of the molecule is CC1=C[C@@]2(C[C@H]1OC(=O)c1cncn1-c1ccccc1)C(O)[C@@H](/C=C(/CO)[C@@H](O)CO)[C@H]1[C@@H](C[C@H]2C)C1(C)C. The molecule has 8 nitrogen and oxygen atoms in total.